The molecule has 0 atom stereocenters. The normalized spacial score (nSPS) is 11.0. The fraction of sp³-hybridized carbons (Fsp3) is 0.308. The van der Waals surface area contributed by atoms with Crippen LogP contribution in [0, 0.1) is 6.92 Å². The standard InChI is InChI=1S/C13H12Cl2OS/c1-8-10-7-9(15)4-5-12(10)17-13(8)11(16)3-2-6-14/h4-5,7H,2-3,6H2,1H3. The molecule has 0 aliphatic carbocycles. The predicted molar refractivity (Wildman–Crippen MR) is 75.9 cm³/mol. The second-order valence-corrected chi connectivity index (χ2v) is 5.78. The summed E-state index contributed by atoms with van der Waals surface area (Å²) in [5, 5.41) is 1.79. The Morgan fingerprint density at radius 1 is 1.41 bits per heavy atom. The van der Waals surface area contributed by atoms with Crippen LogP contribution in [0.25, 0.3) is 10.1 Å². The van der Waals surface area contributed by atoms with Gasteiger partial charge in [0, 0.05) is 22.0 Å². The fourth-order valence-electron chi connectivity index (χ4n) is 1.80. The molecule has 0 fully saturated rings. The van der Waals surface area contributed by atoms with E-state index in [0.29, 0.717) is 17.3 Å². The summed E-state index contributed by atoms with van der Waals surface area (Å²) in [5.41, 5.74) is 1.03. The first-order valence-electron chi connectivity index (χ1n) is 5.41. The van der Waals surface area contributed by atoms with Gasteiger partial charge < -0.3 is 0 Å². The third kappa shape index (κ3) is 2.65. The number of Topliss-reactive ketones (excluding diaryl/α,β-unsaturated/α-hetero) is 1. The van der Waals surface area contributed by atoms with Gasteiger partial charge in [-0.05, 0) is 42.5 Å². The van der Waals surface area contributed by atoms with E-state index in [9.17, 15) is 4.79 Å². The van der Waals surface area contributed by atoms with Crippen molar-refractivity contribution in [3.05, 3.63) is 33.7 Å². The zero-order chi connectivity index (χ0) is 12.4. The Morgan fingerprint density at radius 3 is 2.88 bits per heavy atom. The van der Waals surface area contributed by atoms with E-state index in [1.54, 1.807) is 0 Å². The van der Waals surface area contributed by atoms with Crippen molar-refractivity contribution < 1.29 is 4.79 Å². The summed E-state index contributed by atoms with van der Waals surface area (Å²) < 4.78 is 1.11. The summed E-state index contributed by atoms with van der Waals surface area (Å²) in [6.45, 7) is 1.98. The lowest BCUT2D eigenvalue weighted by Gasteiger charge is -1.97. The maximum Gasteiger partial charge on any atom is 0.173 e. The number of halogens is 2. The summed E-state index contributed by atoms with van der Waals surface area (Å²) in [4.78, 5) is 12.8. The predicted octanol–water partition coefficient (Wildman–Crippen LogP) is 5.06. The fourth-order valence-corrected chi connectivity index (χ4v) is 3.26. The summed E-state index contributed by atoms with van der Waals surface area (Å²) in [5.74, 6) is 0.710. The van der Waals surface area contributed by atoms with Gasteiger partial charge in [-0.1, -0.05) is 11.6 Å². The van der Waals surface area contributed by atoms with Crippen molar-refractivity contribution in [2.75, 3.05) is 5.88 Å². The molecule has 0 unspecified atom stereocenters. The van der Waals surface area contributed by atoms with Gasteiger partial charge in [-0.25, -0.2) is 0 Å². The number of rotatable bonds is 4. The van der Waals surface area contributed by atoms with E-state index in [1.165, 1.54) is 11.3 Å². The van der Waals surface area contributed by atoms with Gasteiger partial charge in [-0.2, -0.15) is 0 Å². The molecule has 1 heterocycles. The van der Waals surface area contributed by atoms with Gasteiger partial charge in [0.05, 0.1) is 4.88 Å². The van der Waals surface area contributed by atoms with Gasteiger partial charge in [0.15, 0.2) is 5.78 Å². The number of ketones is 1. The summed E-state index contributed by atoms with van der Waals surface area (Å²) in [6.07, 6.45) is 1.25. The van der Waals surface area contributed by atoms with E-state index in [0.717, 1.165) is 26.9 Å². The van der Waals surface area contributed by atoms with Crippen LogP contribution in [0.5, 0.6) is 0 Å². The van der Waals surface area contributed by atoms with E-state index in [2.05, 4.69) is 0 Å². The molecule has 2 rings (SSSR count). The van der Waals surface area contributed by atoms with Crippen molar-refractivity contribution in [2.24, 2.45) is 0 Å². The van der Waals surface area contributed by atoms with E-state index < -0.39 is 0 Å². The number of benzene rings is 1. The first kappa shape index (κ1) is 12.9. The van der Waals surface area contributed by atoms with Crippen LogP contribution in [0.3, 0.4) is 0 Å². The third-order valence-electron chi connectivity index (χ3n) is 2.69. The Bertz CT molecular complexity index is 560. The molecule has 1 aromatic carbocycles. The van der Waals surface area contributed by atoms with Gasteiger partial charge in [-0.15, -0.1) is 22.9 Å². The summed E-state index contributed by atoms with van der Waals surface area (Å²) in [7, 11) is 0. The number of carbonyl (C=O) groups is 1. The second-order valence-electron chi connectivity index (χ2n) is 3.91. The van der Waals surface area contributed by atoms with Crippen LogP contribution in [0.4, 0.5) is 0 Å². The molecule has 0 N–H and O–H groups in total. The van der Waals surface area contributed by atoms with Crippen LogP contribution in [0.2, 0.25) is 5.02 Å². The lowest BCUT2D eigenvalue weighted by atomic mass is 10.1. The van der Waals surface area contributed by atoms with Crippen LogP contribution in [-0.2, 0) is 0 Å². The monoisotopic (exact) mass is 286 g/mol. The van der Waals surface area contributed by atoms with Crippen LogP contribution < -0.4 is 0 Å². The highest BCUT2D eigenvalue weighted by Gasteiger charge is 2.15. The summed E-state index contributed by atoms with van der Waals surface area (Å²) >= 11 is 13.1. The topological polar surface area (TPSA) is 17.1 Å². The highest BCUT2D eigenvalue weighted by molar-refractivity contribution is 7.21. The molecule has 0 saturated carbocycles. The van der Waals surface area contributed by atoms with Crippen molar-refractivity contribution in [3.63, 3.8) is 0 Å². The van der Waals surface area contributed by atoms with Gasteiger partial charge in [0.2, 0.25) is 0 Å². The lowest BCUT2D eigenvalue weighted by molar-refractivity contribution is 0.0985. The Hall–Kier alpha value is -0.570. The largest absolute Gasteiger partial charge is 0.293 e. The summed E-state index contributed by atoms with van der Waals surface area (Å²) in [6, 6.07) is 5.74. The highest BCUT2D eigenvalue weighted by Crippen LogP contribution is 2.33. The highest BCUT2D eigenvalue weighted by atomic mass is 35.5. The molecule has 2 aromatic rings. The second kappa shape index (κ2) is 5.38. The van der Waals surface area contributed by atoms with Gasteiger partial charge in [-0.3, -0.25) is 4.79 Å². The van der Waals surface area contributed by atoms with E-state index >= 15 is 0 Å². The molecular weight excluding hydrogens is 275 g/mol. The minimum absolute atomic E-state index is 0.181. The molecule has 0 radical (unpaired) electrons. The molecule has 1 nitrogen and oxygen atoms in total. The SMILES string of the molecule is Cc1c(C(=O)CCCCl)sc2ccc(Cl)cc12. The Balaban J connectivity index is 2.42. The number of thiophene rings is 1. The van der Waals surface area contributed by atoms with Gasteiger partial charge in [0.1, 0.15) is 0 Å². The number of fused-ring (bicyclic) bond motifs is 1. The number of alkyl halides is 1. The average molecular weight is 287 g/mol. The van der Waals surface area contributed by atoms with E-state index in [4.69, 9.17) is 23.2 Å². The van der Waals surface area contributed by atoms with Crippen molar-refractivity contribution in [3.8, 4) is 0 Å². The molecule has 17 heavy (non-hydrogen) atoms. The van der Waals surface area contributed by atoms with Crippen molar-refractivity contribution in [2.45, 2.75) is 19.8 Å². The van der Waals surface area contributed by atoms with Gasteiger partial charge >= 0.3 is 0 Å². The Morgan fingerprint density at radius 2 is 2.18 bits per heavy atom. The number of carbonyl (C=O) groups excluding carboxylic acids is 1. The molecule has 0 bridgehead atoms. The van der Waals surface area contributed by atoms with E-state index in [1.807, 2.05) is 25.1 Å². The Labute approximate surface area is 114 Å². The van der Waals surface area contributed by atoms with Crippen LogP contribution in [0.1, 0.15) is 28.1 Å². The maximum atomic E-state index is 12.0. The van der Waals surface area contributed by atoms with Crippen molar-refractivity contribution in [1.82, 2.24) is 0 Å². The lowest BCUT2D eigenvalue weighted by Crippen LogP contribution is -1.98. The zero-order valence-electron chi connectivity index (χ0n) is 9.43. The number of hydrogen-bond acceptors (Lipinski definition) is 2. The molecule has 0 aliphatic rings. The quantitative estimate of drug-likeness (QED) is 0.567. The first-order chi connectivity index (χ1) is 8.13. The molecule has 1 aromatic heterocycles. The van der Waals surface area contributed by atoms with Gasteiger partial charge in [0.25, 0.3) is 0 Å². The van der Waals surface area contributed by atoms with Crippen LogP contribution in [-0.4, -0.2) is 11.7 Å². The third-order valence-corrected chi connectivity index (χ3v) is 4.51. The molecule has 0 spiro atoms. The Kier molecular flexibility index (Phi) is 4.08. The number of hydrogen-bond donors (Lipinski definition) is 0. The molecular formula is C13H12Cl2OS. The molecule has 90 valence electrons. The molecule has 0 saturated heterocycles. The van der Waals surface area contributed by atoms with Crippen LogP contribution in [0.15, 0.2) is 18.2 Å². The first-order valence-corrected chi connectivity index (χ1v) is 7.14. The maximum absolute atomic E-state index is 12.0. The molecule has 4 heteroatoms. The smallest absolute Gasteiger partial charge is 0.173 e. The zero-order valence-corrected chi connectivity index (χ0v) is 11.8. The van der Waals surface area contributed by atoms with Crippen molar-refractivity contribution >= 4 is 50.4 Å². The van der Waals surface area contributed by atoms with E-state index in [-0.39, 0.29) is 5.78 Å². The minimum Gasteiger partial charge on any atom is -0.293 e. The molecule has 0 aliphatic heterocycles. The van der Waals surface area contributed by atoms with Crippen molar-refractivity contribution in [1.29, 1.82) is 0 Å². The average Bonchev–Trinajstić information content (AvgIpc) is 2.64. The molecule has 0 amide bonds. The minimum atomic E-state index is 0.181. The van der Waals surface area contributed by atoms with Crippen LogP contribution >= 0.6 is 34.5 Å². The number of aryl methyl sites for hydroxylation is 1.